The van der Waals surface area contributed by atoms with Crippen molar-refractivity contribution in [3.05, 3.63) is 29.8 Å². The van der Waals surface area contributed by atoms with Crippen LogP contribution in [0.15, 0.2) is 24.3 Å². The maximum Gasteiger partial charge on any atom is 0.573 e. The smallest absolute Gasteiger partial charge is 0.406 e. The number of alkyl halides is 3. The molecule has 1 aliphatic heterocycles. The van der Waals surface area contributed by atoms with Gasteiger partial charge in [0.25, 0.3) is 5.91 Å². The third kappa shape index (κ3) is 6.00. The van der Waals surface area contributed by atoms with Gasteiger partial charge in [0.05, 0.1) is 6.04 Å². The van der Waals surface area contributed by atoms with Crippen LogP contribution in [0.3, 0.4) is 0 Å². The topological polar surface area (TPSA) is 75.9 Å². The number of hydrogen-bond donors (Lipinski definition) is 1. The van der Waals surface area contributed by atoms with Crippen molar-refractivity contribution in [2.75, 3.05) is 19.6 Å². The Morgan fingerprint density at radius 2 is 1.75 bits per heavy atom. The van der Waals surface area contributed by atoms with Gasteiger partial charge in [-0.05, 0) is 37.1 Å². The highest BCUT2D eigenvalue weighted by Crippen LogP contribution is 2.23. The SMILES string of the molecule is CC(C)[C@H](N)C(=O)N1CCN(C(=O)c2ccc(OC(F)(F)F)cc2)C[C@@H]1C.Cl. The fourth-order valence-corrected chi connectivity index (χ4v) is 2.93. The van der Waals surface area contributed by atoms with Gasteiger partial charge in [-0.3, -0.25) is 9.59 Å². The number of halogens is 4. The predicted octanol–water partition coefficient (Wildman–Crippen LogP) is 2.66. The Labute approximate surface area is 168 Å². The Morgan fingerprint density at radius 3 is 2.21 bits per heavy atom. The standard InChI is InChI=1S/C18H24F3N3O3.ClH/c1-11(2)15(22)17(26)24-9-8-23(10-12(24)3)16(25)13-4-6-14(7-5-13)27-18(19,20)21;/h4-7,11-12,15H,8-10,22H2,1-3H3;1H/t12-,15-;/m0./s1. The van der Waals surface area contributed by atoms with Crippen LogP contribution in [0.5, 0.6) is 5.75 Å². The van der Waals surface area contributed by atoms with Crippen molar-refractivity contribution >= 4 is 24.2 Å². The molecule has 0 radical (unpaired) electrons. The van der Waals surface area contributed by atoms with Crippen molar-refractivity contribution in [2.24, 2.45) is 11.7 Å². The molecule has 1 saturated heterocycles. The molecule has 158 valence electrons. The minimum Gasteiger partial charge on any atom is -0.406 e. The first-order valence-electron chi connectivity index (χ1n) is 8.70. The molecular formula is C18H25ClF3N3O3. The average molecular weight is 424 g/mol. The van der Waals surface area contributed by atoms with Gasteiger partial charge < -0.3 is 20.3 Å². The van der Waals surface area contributed by atoms with E-state index in [0.29, 0.717) is 19.6 Å². The minimum absolute atomic E-state index is 0. The van der Waals surface area contributed by atoms with E-state index in [1.165, 1.54) is 12.1 Å². The van der Waals surface area contributed by atoms with Crippen LogP contribution in [0.25, 0.3) is 0 Å². The highest BCUT2D eigenvalue weighted by Gasteiger charge is 2.34. The zero-order chi connectivity index (χ0) is 20.4. The maximum atomic E-state index is 12.6. The van der Waals surface area contributed by atoms with E-state index >= 15 is 0 Å². The summed E-state index contributed by atoms with van der Waals surface area (Å²) in [6.45, 7) is 6.61. The van der Waals surface area contributed by atoms with E-state index in [4.69, 9.17) is 5.73 Å². The van der Waals surface area contributed by atoms with Gasteiger partial charge in [0.1, 0.15) is 5.75 Å². The van der Waals surface area contributed by atoms with E-state index in [2.05, 4.69) is 4.74 Å². The minimum atomic E-state index is -4.78. The Hall–Kier alpha value is -2.00. The molecule has 0 unspecified atom stereocenters. The quantitative estimate of drug-likeness (QED) is 0.807. The molecule has 2 atom stereocenters. The number of carbonyl (C=O) groups is 2. The molecule has 6 nitrogen and oxygen atoms in total. The lowest BCUT2D eigenvalue weighted by Gasteiger charge is -2.41. The Bertz CT molecular complexity index is 683. The van der Waals surface area contributed by atoms with E-state index in [0.717, 1.165) is 12.1 Å². The molecule has 0 aliphatic carbocycles. The van der Waals surface area contributed by atoms with Crippen LogP contribution in [0, 0.1) is 5.92 Å². The van der Waals surface area contributed by atoms with Crippen molar-refractivity contribution in [2.45, 2.75) is 39.2 Å². The molecule has 1 aromatic rings. The van der Waals surface area contributed by atoms with Crippen LogP contribution >= 0.6 is 12.4 Å². The first-order valence-corrected chi connectivity index (χ1v) is 8.70. The monoisotopic (exact) mass is 423 g/mol. The highest BCUT2D eigenvalue weighted by molar-refractivity contribution is 5.94. The lowest BCUT2D eigenvalue weighted by molar-refractivity contribution is -0.274. The summed E-state index contributed by atoms with van der Waals surface area (Å²) in [5.41, 5.74) is 6.19. The molecule has 1 fully saturated rings. The fourth-order valence-electron chi connectivity index (χ4n) is 2.93. The van der Waals surface area contributed by atoms with Gasteiger partial charge in [-0.1, -0.05) is 13.8 Å². The second-order valence-electron chi connectivity index (χ2n) is 6.97. The zero-order valence-corrected chi connectivity index (χ0v) is 16.7. The second kappa shape index (κ2) is 9.47. The lowest BCUT2D eigenvalue weighted by atomic mass is 10.0. The van der Waals surface area contributed by atoms with Crippen LogP contribution in [0.1, 0.15) is 31.1 Å². The predicted molar refractivity (Wildman–Crippen MR) is 100 cm³/mol. The first-order chi connectivity index (χ1) is 12.5. The molecule has 0 bridgehead atoms. The van der Waals surface area contributed by atoms with Gasteiger partial charge in [-0.2, -0.15) is 0 Å². The first kappa shape index (κ1) is 24.0. The molecular weight excluding hydrogens is 399 g/mol. The zero-order valence-electron chi connectivity index (χ0n) is 15.9. The molecule has 2 amide bonds. The van der Waals surface area contributed by atoms with E-state index < -0.39 is 12.4 Å². The second-order valence-corrected chi connectivity index (χ2v) is 6.97. The number of rotatable bonds is 4. The summed E-state index contributed by atoms with van der Waals surface area (Å²) in [5, 5.41) is 0. The van der Waals surface area contributed by atoms with Crippen molar-refractivity contribution in [1.82, 2.24) is 9.80 Å². The molecule has 0 aromatic heterocycles. The molecule has 0 spiro atoms. The summed E-state index contributed by atoms with van der Waals surface area (Å²) >= 11 is 0. The van der Waals surface area contributed by atoms with Crippen molar-refractivity contribution < 1.29 is 27.5 Å². The van der Waals surface area contributed by atoms with Gasteiger partial charge in [-0.15, -0.1) is 25.6 Å². The number of carbonyl (C=O) groups excluding carboxylic acids is 2. The summed E-state index contributed by atoms with van der Waals surface area (Å²) in [6.07, 6.45) is -4.78. The number of piperazine rings is 1. The summed E-state index contributed by atoms with van der Waals surface area (Å²) in [7, 11) is 0. The van der Waals surface area contributed by atoms with Crippen LogP contribution in [0.2, 0.25) is 0 Å². The fraction of sp³-hybridized carbons (Fsp3) is 0.556. The van der Waals surface area contributed by atoms with Crippen LogP contribution in [0.4, 0.5) is 13.2 Å². The molecule has 2 N–H and O–H groups in total. The van der Waals surface area contributed by atoms with Gasteiger partial charge in [0, 0.05) is 31.2 Å². The molecule has 1 aromatic carbocycles. The van der Waals surface area contributed by atoms with E-state index in [-0.39, 0.29) is 47.5 Å². The van der Waals surface area contributed by atoms with Crippen LogP contribution in [-0.4, -0.2) is 59.7 Å². The third-order valence-electron chi connectivity index (χ3n) is 4.54. The molecule has 28 heavy (non-hydrogen) atoms. The van der Waals surface area contributed by atoms with Gasteiger partial charge in [-0.25, -0.2) is 0 Å². The molecule has 2 rings (SSSR count). The van der Waals surface area contributed by atoms with Crippen LogP contribution < -0.4 is 10.5 Å². The molecule has 10 heteroatoms. The summed E-state index contributed by atoms with van der Waals surface area (Å²) < 4.78 is 40.4. The molecule has 0 saturated carbocycles. The molecule has 1 heterocycles. The Kier molecular flexibility index (Phi) is 8.13. The summed E-state index contributed by atoms with van der Waals surface area (Å²) in [4.78, 5) is 28.3. The van der Waals surface area contributed by atoms with Gasteiger partial charge in [0.2, 0.25) is 5.91 Å². The number of nitrogens with zero attached hydrogens (tertiary/aromatic N) is 2. The van der Waals surface area contributed by atoms with E-state index in [1.54, 1.807) is 9.80 Å². The average Bonchev–Trinajstić information content (AvgIpc) is 2.59. The van der Waals surface area contributed by atoms with Crippen molar-refractivity contribution in [1.29, 1.82) is 0 Å². The number of ether oxygens (including phenoxy) is 1. The highest BCUT2D eigenvalue weighted by atomic mass is 35.5. The number of nitrogens with two attached hydrogens (primary N) is 1. The van der Waals surface area contributed by atoms with Crippen LogP contribution in [-0.2, 0) is 4.79 Å². The van der Waals surface area contributed by atoms with E-state index in [9.17, 15) is 22.8 Å². The molecule has 1 aliphatic rings. The Morgan fingerprint density at radius 1 is 1.18 bits per heavy atom. The third-order valence-corrected chi connectivity index (χ3v) is 4.54. The lowest BCUT2D eigenvalue weighted by Crippen LogP contribution is -2.59. The summed E-state index contributed by atoms with van der Waals surface area (Å²) in [5.74, 6) is -0.814. The van der Waals surface area contributed by atoms with Crippen molar-refractivity contribution in [3.8, 4) is 5.75 Å². The van der Waals surface area contributed by atoms with E-state index in [1.807, 2.05) is 20.8 Å². The van der Waals surface area contributed by atoms with Gasteiger partial charge >= 0.3 is 6.36 Å². The van der Waals surface area contributed by atoms with Crippen molar-refractivity contribution in [3.63, 3.8) is 0 Å². The summed E-state index contributed by atoms with van der Waals surface area (Å²) in [6, 6.07) is 4.00. The van der Waals surface area contributed by atoms with Gasteiger partial charge in [0.15, 0.2) is 0 Å². The maximum absolute atomic E-state index is 12.6. The Balaban J connectivity index is 0.00000392. The largest absolute Gasteiger partial charge is 0.573 e. The normalized spacial score (nSPS) is 18.5. The number of hydrogen-bond acceptors (Lipinski definition) is 4. The number of benzene rings is 1. The number of amides is 2.